The summed E-state index contributed by atoms with van der Waals surface area (Å²) in [6, 6.07) is 30.0. The van der Waals surface area contributed by atoms with Crippen molar-refractivity contribution in [3.05, 3.63) is 90.5 Å². The minimum Gasteiger partial charge on any atom is -0.456 e. The Bertz CT molecular complexity index is 1480. The monoisotopic (exact) mass is 355 g/mol. The second-order valence-electron chi connectivity index (χ2n) is 7.57. The predicted molar refractivity (Wildman–Crippen MR) is 117 cm³/mol. The SMILES string of the molecule is c1ccc2c(c1)N=C1B2c2cc3oc4ccccc4c3cc2-c2ccccc21. The largest absolute Gasteiger partial charge is 0.456 e. The van der Waals surface area contributed by atoms with Crippen LogP contribution in [0.5, 0.6) is 0 Å². The van der Waals surface area contributed by atoms with Crippen molar-refractivity contribution in [2.24, 2.45) is 4.99 Å². The summed E-state index contributed by atoms with van der Waals surface area (Å²) in [5, 5.41) is 2.35. The molecule has 0 aliphatic carbocycles. The average Bonchev–Trinajstić information content (AvgIpc) is 3.31. The normalized spacial score (nSPS) is 13.9. The van der Waals surface area contributed by atoms with E-state index in [1.54, 1.807) is 0 Å². The maximum Gasteiger partial charge on any atom is 0.269 e. The third-order valence-electron chi connectivity index (χ3n) is 6.12. The molecule has 0 spiro atoms. The molecule has 0 fully saturated rings. The van der Waals surface area contributed by atoms with E-state index in [1.807, 2.05) is 12.1 Å². The molecule has 7 rings (SSSR count). The summed E-state index contributed by atoms with van der Waals surface area (Å²) in [7, 11) is 0. The van der Waals surface area contributed by atoms with Crippen molar-refractivity contribution < 1.29 is 4.42 Å². The molecule has 3 heteroatoms. The molecule has 4 aromatic carbocycles. The van der Waals surface area contributed by atoms with E-state index in [1.165, 1.54) is 38.4 Å². The van der Waals surface area contributed by atoms with E-state index < -0.39 is 0 Å². The Labute approximate surface area is 162 Å². The van der Waals surface area contributed by atoms with Gasteiger partial charge >= 0.3 is 0 Å². The van der Waals surface area contributed by atoms with E-state index in [-0.39, 0.29) is 6.71 Å². The molecule has 0 radical (unpaired) electrons. The Morgan fingerprint density at radius 2 is 1.39 bits per heavy atom. The van der Waals surface area contributed by atoms with Gasteiger partial charge in [0.1, 0.15) is 11.2 Å². The molecule has 128 valence electrons. The van der Waals surface area contributed by atoms with Crippen molar-refractivity contribution in [3.63, 3.8) is 0 Å². The summed E-state index contributed by atoms with van der Waals surface area (Å²) >= 11 is 0. The molecule has 0 saturated carbocycles. The van der Waals surface area contributed by atoms with Gasteiger partial charge in [0.2, 0.25) is 0 Å². The quantitative estimate of drug-likeness (QED) is 0.365. The molecule has 0 saturated heterocycles. The lowest BCUT2D eigenvalue weighted by Gasteiger charge is -2.24. The molecule has 0 amide bonds. The Hall–Kier alpha value is -3.59. The number of para-hydroxylation sites is 2. The van der Waals surface area contributed by atoms with E-state index in [0.717, 1.165) is 22.5 Å². The van der Waals surface area contributed by atoms with Crippen molar-refractivity contribution in [1.82, 2.24) is 0 Å². The number of aliphatic imine (C=N–C) groups is 1. The lowest BCUT2D eigenvalue weighted by Crippen LogP contribution is -2.50. The minimum atomic E-state index is 0.165. The Balaban J connectivity index is 1.64. The highest BCUT2D eigenvalue weighted by atomic mass is 16.3. The molecular formula is C25H14BNO. The van der Waals surface area contributed by atoms with E-state index in [9.17, 15) is 0 Å². The van der Waals surface area contributed by atoms with Crippen molar-refractivity contribution in [1.29, 1.82) is 0 Å². The van der Waals surface area contributed by atoms with Crippen molar-refractivity contribution in [3.8, 4) is 11.1 Å². The Morgan fingerprint density at radius 1 is 0.607 bits per heavy atom. The molecule has 2 aliphatic heterocycles. The highest BCUT2D eigenvalue weighted by Gasteiger charge is 2.40. The van der Waals surface area contributed by atoms with Crippen molar-refractivity contribution >= 4 is 50.9 Å². The van der Waals surface area contributed by atoms with Crippen LogP contribution in [0.4, 0.5) is 5.69 Å². The van der Waals surface area contributed by atoms with Crippen LogP contribution in [0.2, 0.25) is 0 Å². The number of fused-ring (bicyclic) bond motifs is 11. The van der Waals surface area contributed by atoms with Crippen LogP contribution in [0.1, 0.15) is 5.56 Å². The second kappa shape index (κ2) is 5.02. The summed E-state index contributed by atoms with van der Waals surface area (Å²) in [4.78, 5) is 5.02. The highest BCUT2D eigenvalue weighted by molar-refractivity contribution is 7.14. The van der Waals surface area contributed by atoms with Gasteiger partial charge < -0.3 is 4.42 Å². The molecule has 28 heavy (non-hydrogen) atoms. The van der Waals surface area contributed by atoms with Crippen molar-refractivity contribution in [2.75, 3.05) is 0 Å². The van der Waals surface area contributed by atoms with E-state index in [4.69, 9.17) is 9.41 Å². The van der Waals surface area contributed by atoms with Crippen molar-refractivity contribution in [2.45, 2.75) is 0 Å². The van der Waals surface area contributed by atoms with Crippen LogP contribution in [0.25, 0.3) is 33.1 Å². The molecule has 5 aromatic rings. The summed E-state index contributed by atoms with van der Waals surface area (Å²) in [6.07, 6.45) is 0. The first kappa shape index (κ1) is 14.5. The van der Waals surface area contributed by atoms with Gasteiger partial charge in [0.25, 0.3) is 6.71 Å². The van der Waals surface area contributed by atoms with Crippen LogP contribution in [-0.4, -0.2) is 12.3 Å². The molecule has 0 N–H and O–H groups in total. The maximum absolute atomic E-state index is 6.20. The number of rotatable bonds is 0. The molecule has 2 aliphatic rings. The van der Waals surface area contributed by atoms with E-state index in [2.05, 4.69) is 72.8 Å². The van der Waals surface area contributed by atoms with Crippen LogP contribution >= 0.6 is 0 Å². The maximum atomic E-state index is 6.20. The minimum absolute atomic E-state index is 0.165. The van der Waals surface area contributed by atoms with E-state index in [0.29, 0.717) is 0 Å². The zero-order chi connectivity index (χ0) is 18.2. The number of benzene rings is 4. The van der Waals surface area contributed by atoms with Gasteiger partial charge in [0.15, 0.2) is 0 Å². The number of hydrogen-bond donors (Lipinski definition) is 0. The fourth-order valence-electron chi connectivity index (χ4n) is 4.91. The first-order valence-corrected chi connectivity index (χ1v) is 9.61. The molecule has 1 aromatic heterocycles. The summed E-state index contributed by atoms with van der Waals surface area (Å²) in [6.45, 7) is 0.165. The predicted octanol–water partition coefficient (Wildman–Crippen LogP) is 4.85. The average molecular weight is 355 g/mol. The second-order valence-corrected chi connectivity index (χ2v) is 7.57. The van der Waals surface area contributed by atoms with Gasteiger partial charge in [-0.15, -0.1) is 0 Å². The van der Waals surface area contributed by atoms with Gasteiger partial charge in [0, 0.05) is 16.4 Å². The summed E-state index contributed by atoms with van der Waals surface area (Å²) < 4.78 is 6.20. The number of nitrogens with zero attached hydrogens (tertiary/aromatic N) is 1. The smallest absolute Gasteiger partial charge is 0.269 e. The first-order chi connectivity index (χ1) is 13.9. The van der Waals surface area contributed by atoms with Crippen LogP contribution in [0.15, 0.2) is 94.3 Å². The standard InChI is InChI=1S/C25H14BNO/c1-2-9-17-15(7-1)18-13-19-16-8-3-6-12-23(16)28-24(19)14-21(18)26-20-10-4-5-11-22(20)27-25(17)26/h1-14H. The molecule has 0 atom stereocenters. The zero-order valence-corrected chi connectivity index (χ0v) is 15.0. The zero-order valence-electron chi connectivity index (χ0n) is 15.0. The third kappa shape index (κ3) is 1.72. The van der Waals surface area contributed by atoms with Gasteiger partial charge in [-0.25, -0.2) is 0 Å². The lowest BCUT2D eigenvalue weighted by atomic mass is 9.34. The lowest BCUT2D eigenvalue weighted by molar-refractivity contribution is 0.669. The summed E-state index contributed by atoms with van der Waals surface area (Å²) in [5.41, 5.74) is 10.5. The van der Waals surface area contributed by atoms with Gasteiger partial charge in [-0.2, -0.15) is 0 Å². The van der Waals surface area contributed by atoms with Gasteiger partial charge in [-0.3, -0.25) is 4.99 Å². The van der Waals surface area contributed by atoms with Gasteiger partial charge in [-0.05, 0) is 46.4 Å². The molecule has 2 nitrogen and oxygen atoms in total. The molecule has 3 heterocycles. The Morgan fingerprint density at radius 3 is 2.36 bits per heavy atom. The molecule has 0 unspecified atom stereocenters. The van der Waals surface area contributed by atoms with Crippen LogP contribution < -0.4 is 10.9 Å². The molecular weight excluding hydrogens is 341 g/mol. The highest BCUT2D eigenvalue weighted by Crippen LogP contribution is 2.37. The Kier molecular flexibility index (Phi) is 2.59. The first-order valence-electron chi connectivity index (χ1n) is 9.61. The van der Waals surface area contributed by atoms with Gasteiger partial charge in [0.05, 0.1) is 5.69 Å². The fourth-order valence-corrected chi connectivity index (χ4v) is 4.91. The van der Waals surface area contributed by atoms with Crippen LogP contribution in [-0.2, 0) is 0 Å². The van der Waals surface area contributed by atoms with Gasteiger partial charge in [-0.1, -0.05) is 66.1 Å². The third-order valence-corrected chi connectivity index (χ3v) is 6.12. The topological polar surface area (TPSA) is 25.5 Å². The number of furan rings is 1. The van der Waals surface area contributed by atoms with Crippen LogP contribution in [0, 0.1) is 0 Å². The molecule has 0 bridgehead atoms. The van der Waals surface area contributed by atoms with Crippen LogP contribution in [0.3, 0.4) is 0 Å². The van der Waals surface area contributed by atoms with E-state index >= 15 is 0 Å². The summed E-state index contributed by atoms with van der Waals surface area (Å²) in [5.74, 6) is 0. The fraction of sp³-hybridized carbons (Fsp3) is 0. The number of hydrogen-bond acceptors (Lipinski definition) is 2.